The topological polar surface area (TPSA) is 81.5 Å². The van der Waals surface area contributed by atoms with Gasteiger partial charge in [0.05, 0.1) is 24.3 Å². The number of rotatable bonds is 4. The molecule has 4 aromatic rings. The highest BCUT2D eigenvalue weighted by Gasteiger charge is 2.27. The molecule has 0 unspecified atom stereocenters. The van der Waals surface area contributed by atoms with Crippen molar-refractivity contribution in [3.05, 3.63) is 66.1 Å². The van der Waals surface area contributed by atoms with Gasteiger partial charge in [-0.1, -0.05) is 17.3 Å². The molecule has 4 heterocycles. The number of benzene rings is 1. The fourth-order valence-corrected chi connectivity index (χ4v) is 3.54. The van der Waals surface area contributed by atoms with Crippen LogP contribution in [0.2, 0.25) is 0 Å². The summed E-state index contributed by atoms with van der Waals surface area (Å²) in [5.41, 5.74) is 5.05. The van der Waals surface area contributed by atoms with Crippen LogP contribution < -0.4 is 4.74 Å². The highest BCUT2D eigenvalue weighted by molar-refractivity contribution is 5.67. The molecule has 1 aliphatic rings. The lowest BCUT2D eigenvalue weighted by Gasteiger charge is -2.09. The molecule has 1 aromatic carbocycles. The average molecular weight is 376 g/mol. The molecule has 5 rings (SSSR count). The van der Waals surface area contributed by atoms with Crippen LogP contribution in [0.1, 0.15) is 17.2 Å². The Morgan fingerprint density at radius 3 is 3.04 bits per heavy atom. The molecule has 3 aromatic heterocycles. The highest BCUT2D eigenvalue weighted by Crippen LogP contribution is 2.36. The predicted molar refractivity (Wildman–Crippen MR) is 100 cm³/mol. The minimum atomic E-state index is -0.310. The van der Waals surface area contributed by atoms with Gasteiger partial charge in [-0.15, -0.1) is 5.10 Å². The number of aromatic amines is 1. The quantitative estimate of drug-likeness (QED) is 0.591. The number of nitrogens with one attached hydrogen (secondary N) is 1. The van der Waals surface area contributed by atoms with Crippen molar-refractivity contribution in [1.82, 2.24) is 29.9 Å². The third-order valence-electron chi connectivity index (χ3n) is 4.95. The van der Waals surface area contributed by atoms with E-state index in [-0.39, 0.29) is 11.7 Å². The maximum atomic E-state index is 13.8. The fraction of sp³-hybridized carbons (Fsp3) is 0.200. The predicted octanol–water partition coefficient (Wildman–Crippen LogP) is 3.35. The van der Waals surface area contributed by atoms with Crippen molar-refractivity contribution in [1.29, 1.82) is 0 Å². The summed E-state index contributed by atoms with van der Waals surface area (Å²) in [4.78, 5) is 8.92. The molecule has 1 N–H and O–H groups in total. The molecule has 0 saturated heterocycles. The molecule has 0 radical (unpaired) electrons. The molecule has 7 nitrogen and oxygen atoms in total. The third-order valence-corrected chi connectivity index (χ3v) is 4.95. The van der Waals surface area contributed by atoms with E-state index in [2.05, 4.69) is 25.4 Å². The van der Waals surface area contributed by atoms with E-state index in [9.17, 15) is 4.39 Å². The van der Waals surface area contributed by atoms with Crippen molar-refractivity contribution in [2.45, 2.75) is 19.4 Å². The van der Waals surface area contributed by atoms with E-state index in [1.807, 2.05) is 35.9 Å². The number of imidazole rings is 1. The summed E-state index contributed by atoms with van der Waals surface area (Å²) in [6.07, 6.45) is 5.45. The second-order valence-corrected chi connectivity index (χ2v) is 6.84. The molecule has 0 saturated carbocycles. The summed E-state index contributed by atoms with van der Waals surface area (Å²) >= 11 is 0. The van der Waals surface area contributed by atoms with E-state index in [1.165, 1.54) is 6.07 Å². The van der Waals surface area contributed by atoms with Crippen LogP contribution in [-0.4, -0.2) is 36.6 Å². The van der Waals surface area contributed by atoms with Gasteiger partial charge < -0.3 is 9.30 Å². The minimum Gasteiger partial charge on any atom is -0.489 e. The van der Waals surface area contributed by atoms with Crippen LogP contribution in [0.4, 0.5) is 4.39 Å². The number of nitrogens with zero attached hydrogens (tertiary/aromatic N) is 5. The van der Waals surface area contributed by atoms with Gasteiger partial charge in [0.2, 0.25) is 0 Å². The molecule has 0 bridgehead atoms. The van der Waals surface area contributed by atoms with Gasteiger partial charge in [0.15, 0.2) is 11.6 Å². The first-order chi connectivity index (χ1) is 13.7. The Bertz CT molecular complexity index is 1150. The van der Waals surface area contributed by atoms with Gasteiger partial charge in [-0.25, -0.2) is 9.37 Å². The van der Waals surface area contributed by atoms with Crippen LogP contribution in [0.25, 0.3) is 22.6 Å². The van der Waals surface area contributed by atoms with Gasteiger partial charge in [-0.2, -0.15) is 0 Å². The third kappa shape index (κ3) is 2.83. The second-order valence-electron chi connectivity index (χ2n) is 6.84. The largest absolute Gasteiger partial charge is 0.489 e. The number of hydrogen-bond donors (Lipinski definition) is 1. The number of ether oxygens (including phenoxy) is 1. The number of para-hydroxylation sites is 1. The zero-order chi connectivity index (χ0) is 19.1. The number of aryl methyl sites for hydroxylation is 1. The Morgan fingerprint density at radius 2 is 2.18 bits per heavy atom. The van der Waals surface area contributed by atoms with Crippen molar-refractivity contribution >= 4 is 0 Å². The molecule has 1 aliphatic heterocycles. The van der Waals surface area contributed by atoms with Crippen LogP contribution in [0.15, 0.2) is 49.1 Å². The van der Waals surface area contributed by atoms with E-state index in [4.69, 9.17) is 4.74 Å². The van der Waals surface area contributed by atoms with E-state index in [0.29, 0.717) is 18.9 Å². The summed E-state index contributed by atoms with van der Waals surface area (Å²) < 4.78 is 21.4. The average Bonchev–Trinajstić information content (AvgIpc) is 3.43. The van der Waals surface area contributed by atoms with Gasteiger partial charge >= 0.3 is 0 Å². The zero-order valence-corrected chi connectivity index (χ0v) is 15.1. The highest BCUT2D eigenvalue weighted by atomic mass is 19.1. The van der Waals surface area contributed by atoms with Gasteiger partial charge in [0, 0.05) is 36.0 Å². The normalized spacial score (nSPS) is 15.4. The molecule has 0 amide bonds. The minimum absolute atomic E-state index is 0.0878. The monoisotopic (exact) mass is 376 g/mol. The molecule has 28 heavy (non-hydrogen) atoms. The number of H-pyrrole nitrogens is 1. The lowest BCUT2D eigenvalue weighted by molar-refractivity contribution is 0.307. The maximum Gasteiger partial charge on any atom is 0.165 e. The number of fused-ring (bicyclic) bond motifs is 1. The lowest BCUT2D eigenvalue weighted by atomic mass is 10.0. The van der Waals surface area contributed by atoms with E-state index in [1.54, 1.807) is 18.6 Å². The van der Waals surface area contributed by atoms with Crippen LogP contribution in [0.3, 0.4) is 0 Å². The van der Waals surface area contributed by atoms with Crippen molar-refractivity contribution < 1.29 is 9.13 Å². The van der Waals surface area contributed by atoms with E-state index in [0.717, 1.165) is 33.9 Å². The van der Waals surface area contributed by atoms with E-state index >= 15 is 0 Å². The Hall–Kier alpha value is -3.55. The molecule has 8 heteroatoms. The zero-order valence-electron chi connectivity index (χ0n) is 15.1. The van der Waals surface area contributed by atoms with Crippen LogP contribution in [0, 0.1) is 12.7 Å². The van der Waals surface area contributed by atoms with Crippen molar-refractivity contribution in [3.63, 3.8) is 0 Å². The number of hydrogen-bond acceptors (Lipinski definition) is 5. The van der Waals surface area contributed by atoms with Crippen LogP contribution in [-0.2, 0) is 6.54 Å². The standard InChI is InChI=1S/C20H17FN6O/c1-12-19(25-26-24-12)13-5-6-22-17(7-13)18-9-27(11-23-18)8-14-10-28-20-15(14)3-2-4-16(20)21/h2-7,9,11,14H,8,10H2,1H3,(H,24,25,26)/t14-/m0/s1. The van der Waals surface area contributed by atoms with Gasteiger partial charge in [0.1, 0.15) is 11.4 Å². The van der Waals surface area contributed by atoms with Gasteiger partial charge in [0.25, 0.3) is 0 Å². The molecule has 0 spiro atoms. The Kier molecular flexibility index (Phi) is 3.89. The van der Waals surface area contributed by atoms with E-state index < -0.39 is 0 Å². The summed E-state index contributed by atoms with van der Waals surface area (Å²) in [7, 11) is 0. The first kappa shape index (κ1) is 16.6. The molecule has 1 atom stereocenters. The van der Waals surface area contributed by atoms with Crippen molar-refractivity contribution in [3.8, 4) is 28.4 Å². The van der Waals surface area contributed by atoms with Crippen molar-refractivity contribution in [2.75, 3.05) is 6.61 Å². The summed E-state index contributed by atoms with van der Waals surface area (Å²) in [5, 5.41) is 10.8. The second kappa shape index (κ2) is 6.56. The molecular weight excluding hydrogens is 359 g/mol. The van der Waals surface area contributed by atoms with Gasteiger partial charge in [-0.3, -0.25) is 10.1 Å². The summed E-state index contributed by atoms with van der Waals surface area (Å²) in [6.45, 7) is 3.04. The fourth-order valence-electron chi connectivity index (χ4n) is 3.54. The smallest absolute Gasteiger partial charge is 0.165 e. The van der Waals surface area contributed by atoms with Crippen LogP contribution >= 0.6 is 0 Å². The van der Waals surface area contributed by atoms with Crippen molar-refractivity contribution in [2.24, 2.45) is 0 Å². The van der Waals surface area contributed by atoms with Crippen LogP contribution in [0.5, 0.6) is 5.75 Å². The summed E-state index contributed by atoms with van der Waals surface area (Å²) in [5.74, 6) is 0.144. The first-order valence-electron chi connectivity index (χ1n) is 8.96. The SMILES string of the molecule is Cc1[nH]nnc1-c1ccnc(-c2cn(C[C@H]3COc4c(F)cccc43)cn2)c1. The first-order valence-corrected chi connectivity index (χ1v) is 8.96. The molecule has 0 aliphatic carbocycles. The Balaban J connectivity index is 1.39. The lowest BCUT2D eigenvalue weighted by Crippen LogP contribution is -2.09. The number of halogens is 1. The Labute approximate surface area is 160 Å². The molecule has 0 fully saturated rings. The summed E-state index contributed by atoms with van der Waals surface area (Å²) in [6, 6.07) is 8.90. The number of aromatic nitrogens is 6. The molecular formula is C20H17FN6O. The Morgan fingerprint density at radius 1 is 1.25 bits per heavy atom. The maximum absolute atomic E-state index is 13.8. The number of pyridine rings is 1. The van der Waals surface area contributed by atoms with Gasteiger partial charge in [-0.05, 0) is 25.1 Å². The molecule has 140 valence electrons.